The van der Waals surface area contributed by atoms with Gasteiger partial charge >= 0.3 is 0 Å². The molecular formula is C18H27N7O. The summed E-state index contributed by atoms with van der Waals surface area (Å²) in [6.45, 7) is 3.59. The number of rotatable bonds is 6. The van der Waals surface area contributed by atoms with E-state index in [1.165, 1.54) is 0 Å². The van der Waals surface area contributed by atoms with Gasteiger partial charge in [-0.25, -0.2) is 19.9 Å². The summed E-state index contributed by atoms with van der Waals surface area (Å²) in [7, 11) is 3.86. The highest BCUT2D eigenvalue weighted by molar-refractivity contribution is 5.49. The molecule has 3 rings (SSSR count). The van der Waals surface area contributed by atoms with Crippen LogP contribution in [0.3, 0.4) is 0 Å². The third-order valence-corrected chi connectivity index (χ3v) is 4.53. The SMILES string of the molecule is Cc1cc(CNc2cc(N3CCCCC3CO)ncn2)nc(N(C)C)n1. The average Bonchev–Trinajstić information content (AvgIpc) is 2.66. The van der Waals surface area contributed by atoms with Gasteiger partial charge < -0.3 is 20.2 Å². The number of aryl methyl sites for hydroxylation is 1. The maximum atomic E-state index is 9.62. The lowest BCUT2D eigenvalue weighted by molar-refractivity contribution is 0.239. The van der Waals surface area contributed by atoms with Crippen molar-refractivity contribution in [2.45, 2.75) is 38.8 Å². The van der Waals surface area contributed by atoms with Crippen LogP contribution in [0, 0.1) is 6.92 Å². The molecule has 0 saturated carbocycles. The normalized spacial score (nSPS) is 17.2. The van der Waals surface area contributed by atoms with E-state index in [4.69, 9.17) is 0 Å². The zero-order valence-electron chi connectivity index (χ0n) is 15.7. The largest absolute Gasteiger partial charge is 0.394 e. The van der Waals surface area contributed by atoms with Gasteiger partial charge in [0.1, 0.15) is 18.0 Å². The van der Waals surface area contributed by atoms with E-state index in [9.17, 15) is 5.11 Å². The maximum absolute atomic E-state index is 9.62. The molecule has 1 aliphatic rings. The number of aliphatic hydroxyl groups is 1. The molecule has 140 valence electrons. The first-order valence-corrected chi connectivity index (χ1v) is 9.02. The monoisotopic (exact) mass is 357 g/mol. The first-order chi connectivity index (χ1) is 12.6. The third kappa shape index (κ3) is 4.37. The molecule has 1 unspecified atom stereocenters. The van der Waals surface area contributed by atoms with Crippen molar-refractivity contribution in [1.82, 2.24) is 19.9 Å². The van der Waals surface area contributed by atoms with Crippen LogP contribution in [0.1, 0.15) is 30.7 Å². The highest BCUT2D eigenvalue weighted by Crippen LogP contribution is 2.24. The summed E-state index contributed by atoms with van der Waals surface area (Å²) in [5.74, 6) is 2.30. The summed E-state index contributed by atoms with van der Waals surface area (Å²) in [5, 5.41) is 12.9. The molecule has 8 heteroatoms. The Morgan fingerprint density at radius 2 is 2.08 bits per heavy atom. The zero-order valence-corrected chi connectivity index (χ0v) is 15.7. The quantitative estimate of drug-likeness (QED) is 0.806. The van der Waals surface area contributed by atoms with Gasteiger partial charge in [-0.15, -0.1) is 0 Å². The Labute approximate surface area is 154 Å². The smallest absolute Gasteiger partial charge is 0.225 e. The van der Waals surface area contributed by atoms with Crippen LogP contribution in [-0.2, 0) is 6.54 Å². The zero-order chi connectivity index (χ0) is 18.5. The van der Waals surface area contributed by atoms with Crippen molar-refractivity contribution in [3.8, 4) is 0 Å². The highest BCUT2D eigenvalue weighted by Gasteiger charge is 2.23. The first-order valence-electron chi connectivity index (χ1n) is 9.02. The fourth-order valence-corrected chi connectivity index (χ4v) is 3.18. The predicted octanol–water partition coefficient (Wildman–Crippen LogP) is 1.60. The van der Waals surface area contributed by atoms with Crippen molar-refractivity contribution in [3.05, 3.63) is 29.8 Å². The summed E-state index contributed by atoms with van der Waals surface area (Å²) < 4.78 is 0. The number of hydrogen-bond acceptors (Lipinski definition) is 8. The van der Waals surface area contributed by atoms with Gasteiger partial charge in [0.05, 0.1) is 24.9 Å². The molecule has 8 nitrogen and oxygen atoms in total. The lowest BCUT2D eigenvalue weighted by Crippen LogP contribution is -2.42. The van der Waals surface area contributed by atoms with E-state index in [1.807, 2.05) is 38.1 Å². The van der Waals surface area contributed by atoms with Crippen molar-refractivity contribution in [3.63, 3.8) is 0 Å². The molecule has 0 aliphatic carbocycles. The van der Waals surface area contributed by atoms with Gasteiger partial charge in [-0.3, -0.25) is 0 Å². The van der Waals surface area contributed by atoms with E-state index in [0.717, 1.165) is 48.8 Å². The molecule has 0 amide bonds. The Kier molecular flexibility index (Phi) is 5.82. The van der Waals surface area contributed by atoms with Crippen molar-refractivity contribution < 1.29 is 5.11 Å². The molecule has 0 spiro atoms. The average molecular weight is 357 g/mol. The molecule has 0 aromatic carbocycles. The summed E-state index contributed by atoms with van der Waals surface area (Å²) >= 11 is 0. The fourth-order valence-electron chi connectivity index (χ4n) is 3.18. The molecule has 1 saturated heterocycles. The summed E-state index contributed by atoms with van der Waals surface area (Å²) in [5.41, 5.74) is 1.84. The van der Waals surface area contributed by atoms with E-state index in [-0.39, 0.29) is 12.6 Å². The molecule has 2 N–H and O–H groups in total. The standard InChI is InChI=1S/C18H27N7O/c1-13-8-14(23-18(22-13)24(2)3)10-19-16-9-17(21-12-20-16)25-7-5-4-6-15(25)11-26/h8-9,12,15,26H,4-7,10-11H2,1-3H3,(H,19,20,21). The number of aromatic nitrogens is 4. The molecule has 26 heavy (non-hydrogen) atoms. The lowest BCUT2D eigenvalue weighted by Gasteiger charge is -2.35. The Balaban J connectivity index is 1.71. The minimum Gasteiger partial charge on any atom is -0.394 e. The lowest BCUT2D eigenvalue weighted by atomic mass is 10.0. The molecule has 1 aliphatic heterocycles. The predicted molar refractivity (Wildman–Crippen MR) is 103 cm³/mol. The van der Waals surface area contributed by atoms with Crippen LogP contribution in [0.4, 0.5) is 17.6 Å². The minimum atomic E-state index is 0.138. The second-order valence-electron chi connectivity index (χ2n) is 6.84. The van der Waals surface area contributed by atoms with Gasteiger partial charge in [-0.05, 0) is 32.3 Å². The Bertz CT molecular complexity index is 737. The molecule has 2 aromatic rings. The fraction of sp³-hybridized carbons (Fsp3) is 0.556. The minimum absolute atomic E-state index is 0.138. The topological polar surface area (TPSA) is 90.3 Å². The van der Waals surface area contributed by atoms with Gasteiger partial charge in [0.15, 0.2) is 0 Å². The van der Waals surface area contributed by atoms with Gasteiger partial charge in [-0.1, -0.05) is 0 Å². The molecule has 3 heterocycles. The van der Waals surface area contributed by atoms with Crippen LogP contribution in [0.5, 0.6) is 0 Å². The van der Waals surface area contributed by atoms with Crippen LogP contribution >= 0.6 is 0 Å². The number of hydrogen-bond donors (Lipinski definition) is 2. The number of aliphatic hydroxyl groups excluding tert-OH is 1. The highest BCUT2D eigenvalue weighted by atomic mass is 16.3. The van der Waals surface area contributed by atoms with Gasteiger partial charge in [-0.2, -0.15) is 0 Å². The number of nitrogens with zero attached hydrogens (tertiary/aromatic N) is 6. The summed E-state index contributed by atoms with van der Waals surface area (Å²) in [6.07, 6.45) is 4.84. The van der Waals surface area contributed by atoms with Crippen LogP contribution in [0.25, 0.3) is 0 Å². The van der Waals surface area contributed by atoms with E-state index >= 15 is 0 Å². The number of piperidine rings is 1. The van der Waals surface area contributed by atoms with E-state index in [2.05, 4.69) is 30.2 Å². The second kappa shape index (κ2) is 8.27. The second-order valence-corrected chi connectivity index (χ2v) is 6.84. The number of nitrogens with one attached hydrogen (secondary N) is 1. The molecule has 1 fully saturated rings. The van der Waals surface area contributed by atoms with E-state index in [1.54, 1.807) is 6.33 Å². The van der Waals surface area contributed by atoms with Crippen molar-refractivity contribution in [1.29, 1.82) is 0 Å². The first kappa shape index (κ1) is 18.3. The van der Waals surface area contributed by atoms with E-state index < -0.39 is 0 Å². The maximum Gasteiger partial charge on any atom is 0.225 e. The van der Waals surface area contributed by atoms with Crippen LogP contribution in [0.15, 0.2) is 18.5 Å². The van der Waals surface area contributed by atoms with E-state index in [0.29, 0.717) is 12.5 Å². The van der Waals surface area contributed by atoms with Gasteiger partial charge in [0, 0.05) is 32.4 Å². The molecule has 0 bridgehead atoms. The molecule has 1 atom stereocenters. The molecular weight excluding hydrogens is 330 g/mol. The Hall–Kier alpha value is -2.48. The van der Waals surface area contributed by atoms with Crippen molar-refractivity contribution in [2.24, 2.45) is 0 Å². The number of anilines is 3. The van der Waals surface area contributed by atoms with Gasteiger partial charge in [0.2, 0.25) is 5.95 Å². The van der Waals surface area contributed by atoms with Crippen molar-refractivity contribution in [2.75, 3.05) is 42.4 Å². The Morgan fingerprint density at radius 3 is 2.85 bits per heavy atom. The van der Waals surface area contributed by atoms with Crippen LogP contribution < -0.4 is 15.1 Å². The summed E-state index contributed by atoms with van der Waals surface area (Å²) in [6, 6.07) is 4.04. The molecule has 0 radical (unpaired) electrons. The summed E-state index contributed by atoms with van der Waals surface area (Å²) in [4.78, 5) is 21.7. The third-order valence-electron chi connectivity index (χ3n) is 4.53. The molecule has 2 aromatic heterocycles. The van der Waals surface area contributed by atoms with Crippen LogP contribution in [-0.4, -0.2) is 58.3 Å². The van der Waals surface area contributed by atoms with Crippen molar-refractivity contribution >= 4 is 17.6 Å². The Morgan fingerprint density at radius 1 is 1.23 bits per heavy atom. The van der Waals surface area contributed by atoms with Crippen LogP contribution in [0.2, 0.25) is 0 Å². The van der Waals surface area contributed by atoms with Gasteiger partial charge in [0.25, 0.3) is 0 Å².